The molecule has 4 rings (SSSR count). The van der Waals surface area contributed by atoms with Crippen LogP contribution in [0, 0.1) is 0 Å². The number of thioether (sulfide) groups is 1. The third-order valence-electron chi connectivity index (χ3n) is 7.05. The van der Waals surface area contributed by atoms with Gasteiger partial charge in [0.05, 0.1) is 28.9 Å². The zero-order valence-electron chi connectivity index (χ0n) is 26.6. The number of allylic oxidation sites excluding steroid dienone is 1. The fraction of sp³-hybridized carbons (Fsp3) is 0.438. The molecule has 2 heterocycles. The Morgan fingerprint density at radius 3 is 2.44 bits per heavy atom. The molecule has 2 amide bonds. The first-order valence-corrected chi connectivity index (χ1v) is 17.0. The van der Waals surface area contributed by atoms with Crippen LogP contribution in [0.3, 0.4) is 0 Å². The van der Waals surface area contributed by atoms with Crippen molar-refractivity contribution in [2.24, 2.45) is 0 Å². The largest absolute Gasteiger partial charge is 0.492 e. The highest BCUT2D eigenvalue weighted by molar-refractivity contribution is 9.10. The van der Waals surface area contributed by atoms with E-state index in [1.807, 2.05) is 65.0 Å². The summed E-state index contributed by atoms with van der Waals surface area (Å²) < 4.78 is 20.1. The molecule has 0 aliphatic carbocycles. The molecule has 11 nitrogen and oxygen atoms in total. The summed E-state index contributed by atoms with van der Waals surface area (Å²) >= 11 is 5.22. The van der Waals surface area contributed by atoms with Gasteiger partial charge in [0.25, 0.3) is 11.8 Å². The molecule has 1 aliphatic rings. The Morgan fingerprint density at radius 2 is 1.76 bits per heavy atom. The average Bonchev–Trinajstić information content (AvgIpc) is 3.42. The summed E-state index contributed by atoms with van der Waals surface area (Å²) in [6.45, 7) is 13.5. The first-order chi connectivity index (χ1) is 21.8. The van der Waals surface area contributed by atoms with Crippen molar-refractivity contribution in [2.75, 3.05) is 49.3 Å². The molecular formula is C32H41BrN6O5S. The minimum atomic E-state index is -0.661. The number of likely N-dealkylation sites (N-methyl/N-ethyl adjacent to an activating group) is 1. The Morgan fingerprint density at radius 1 is 1.04 bits per heavy atom. The molecule has 45 heavy (non-hydrogen) atoms. The van der Waals surface area contributed by atoms with Crippen LogP contribution in [0.15, 0.2) is 57.3 Å². The van der Waals surface area contributed by atoms with Gasteiger partial charge in [0.15, 0.2) is 18.1 Å². The molecule has 0 radical (unpaired) electrons. The van der Waals surface area contributed by atoms with Crippen molar-refractivity contribution in [3.63, 3.8) is 0 Å². The van der Waals surface area contributed by atoms with Gasteiger partial charge in [-0.15, -0.1) is 5.10 Å². The van der Waals surface area contributed by atoms with Crippen molar-refractivity contribution < 1.29 is 23.8 Å². The number of nitrogens with zero attached hydrogens (tertiary/aromatic N) is 4. The van der Waals surface area contributed by atoms with Gasteiger partial charge in [-0.2, -0.15) is 4.98 Å². The van der Waals surface area contributed by atoms with Gasteiger partial charge in [-0.1, -0.05) is 30.8 Å². The number of hydrogen-bond acceptors (Lipinski definition) is 9. The molecule has 242 valence electrons. The van der Waals surface area contributed by atoms with Gasteiger partial charge in [-0.25, -0.2) is 4.68 Å². The minimum absolute atomic E-state index is 0.119. The van der Waals surface area contributed by atoms with Gasteiger partial charge in [0.2, 0.25) is 11.1 Å². The van der Waals surface area contributed by atoms with Gasteiger partial charge < -0.3 is 29.7 Å². The summed E-state index contributed by atoms with van der Waals surface area (Å²) in [6.07, 6.45) is 0.971. The number of carbonyl (C=O) groups is 2. The smallest absolute Gasteiger partial charge is 0.260 e. The van der Waals surface area contributed by atoms with Crippen LogP contribution >= 0.6 is 27.7 Å². The standard InChI is InChI=1S/C32H41BrN6O5S/c1-7-16-45-32-36-31-34-20(6)27(30(41)35-23-14-12-13-15-24(23)42-10-4)28(39(31)37-32)21-17-22(33)29(25(18-21)43-11-5)44-19-26(40)38(8-2)9-3/h12-15,17-18,28H,7-11,16,19H2,1-6H3,(H,35,41)(H,34,36,37). The molecule has 13 heteroatoms. The van der Waals surface area contributed by atoms with Crippen molar-refractivity contribution in [1.29, 1.82) is 0 Å². The summed E-state index contributed by atoms with van der Waals surface area (Å²) in [5, 5.41) is 11.8. The fourth-order valence-corrected chi connectivity index (χ4v) is 6.24. The lowest BCUT2D eigenvalue weighted by atomic mass is 9.94. The van der Waals surface area contributed by atoms with Crippen LogP contribution in [-0.4, -0.2) is 70.1 Å². The molecule has 1 aliphatic heterocycles. The summed E-state index contributed by atoms with van der Waals surface area (Å²) in [7, 11) is 0. The predicted molar refractivity (Wildman–Crippen MR) is 180 cm³/mol. The highest BCUT2D eigenvalue weighted by Gasteiger charge is 2.36. The van der Waals surface area contributed by atoms with E-state index in [1.54, 1.807) is 27.4 Å². The molecule has 0 saturated carbocycles. The van der Waals surface area contributed by atoms with Gasteiger partial charge in [-0.05, 0) is 86.8 Å². The van der Waals surface area contributed by atoms with Crippen LogP contribution in [0.1, 0.15) is 59.6 Å². The van der Waals surface area contributed by atoms with Crippen LogP contribution in [0.2, 0.25) is 0 Å². The van der Waals surface area contributed by atoms with Crippen molar-refractivity contribution in [3.05, 3.63) is 57.7 Å². The van der Waals surface area contributed by atoms with Gasteiger partial charge in [-0.3, -0.25) is 9.59 Å². The quantitative estimate of drug-likeness (QED) is 0.171. The maximum absolute atomic E-state index is 14.1. The summed E-state index contributed by atoms with van der Waals surface area (Å²) in [5.41, 5.74) is 2.36. The second kappa shape index (κ2) is 16.0. The highest BCUT2D eigenvalue weighted by atomic mass is 79.9. The summed E-state index contributed by atoms with van der Waals surface area (Å²) in [5.74, 6) is 2.38. The number of amides is 2. The second-order valence-electron chi connectivity index (χ2n) is 10.1. The van der Waals surface area contributed by atoms with E-state index in [-0.39, 0.29) is 18.4 Å². The number of benzene rings is 2. The number of ether oxygens (including phenoxy) is 3. The minimum Gasteiger partial charge on any atom is -0.492 e. The maximum Gasteiger partial charge on any atom is 0.260 e. The van der Waals surface area contributed by atoms with E-state index >= 15 is 0 Å². The topological polar surface area (TPSA) is 120 Å². The molecule has 0 bridgehead atoms. The van der Waals surface area contributed by atoms with E-state index in [9.17, 15) is 9.59 Å². The number of aromatic nitrogens is 3. The number of nitrogens with one attached hydrogen (secondary N) is 2. The van der Waals surface area contributed by atoms with E-state index in [1.165, 1.54) is 0 Å². The molecule has 1 atom stereocenters. The van der Waals surface area contributed by atoms with Crippen LogP contribution in [0.5, 0.6) is 17.2 Å². The Bertz CT molecular complexity index is 1540. The van der Waals surface area contributed by atoms with Crippen LogP contribution in [0.25, 0.3) is 0 Å². The average molecular weight is 702 g/mol. The fourth-order valence-electron chi connectivity index (χ4n) is 4.98. The molecule has 1 aromatic heterocycles. The van der Waals surface area contributed by atoms with E-state index in [0.29, 0.717) is 76.1 Å². The lowest BCUT2D eigenvalue weighted by Crippen LogP contribution is -2.34. The Balaban J connectivity index is 1.79. The number of halogens is 1. The van der Waals surface area contributed by atoms with Crippen LogP contribution in [0.4, 0.5) is 11.6 Å². The lowest BCUT2D eigenvalue weighted by Gasteiger charge is -2.29. The Kier molecular flexibility index (Phi) is 12.2. The molecule has 0 spiro atoms. The first kappa shape index (κ1) is 34.2. The number of rotatable bonds is 15. The van der Waals surface area contributed by atoms with Crippen LogP contribution in [-0.2, 0) is 9.59 Å². The summed E-state index contributed by atoms with van der Waals surface area (Å²) in [4.78, 5) is 33.3. The van der Waals surface area contributed by atoms with Crippen LogP contribution < -0.4 is 24.8 Å². The Hall–Kier alpha value is -3.71. The maximum atomic E-state index is 14.1. The first-order valence-electron chi connectivity index (χ1n) is 15.2. The van der Waals surface area contributed by atoms with E-state index in [2.05, 4.69) is 33.5 Å². The van der Waals surface area contributed by atoms with E-state index < -0.39 is 6.04 Å². The molecule has 1 unspecified atom stereocenters. The molecule has 0 saturated heterocycles. The number of hydrogen-bond donors (Lipinski definition) is 2. The molecule has 2 aromatic carbocycles. The number of para-hydroxylation sites is 2. The SMILES string of the molecule is CCCSc1nc2n(n1)C(c1cc(Br)c(OCC(=O)N(CC)CC)c(OCC)c1)C(C(=O)Nc1ccccc1OCC)=C(C)N2. The molecule has 2 N–H and O–H groups in total. The summed E-state index contributed by atoms with van der Waals surface area (Å²) in [6, 6.07) is 10.4. The molecule has 3 aromatic rings. The molecular weight excluding hydrogens is 660 g/mol. The number of fused-ring (bicyclic) bond motifs is 1. The van der Waals surface area contributed by atoms with Crippen molar-refractivity contribution >= 4 is 51.1 Å². The zero-order chi connectivity index (χ0) is 32.5. The normalized spacial score (nSPS) is 14.0. The third-order valence-corrected chi connectivity index (χ3v) is 8.68. The van der Waals surface area contributed by atoms with E-state index in [4.69, 9.17) is 24.3 Å². The van der Waals surface area contributed by atoms with Gasteiger partial charge in [0.1, 0.15) is 11.8 Å². The van der Waals surface area contributed by atoms with Gasteiger partial charge >= 0.3 is 0 Å². The van der Waals surface area contributed by atoms with Crippen molar-refractivity contribution in [3.8, 4) is 17.2 Å². The van der Waals surface area contributed by atoms with E-state index in [0.717, 1.165) is 17.7 Å². The van der Waals surface area contributed by atoms with Gasteiger partial charge in [0, 0.05) is 24.5 Å². The number of anilines is 2. The monoisotopic (exact) mass is 700 g/mol. The zero-order valence-corrected chi connectivity index (χ0v) is 29.0. The number of carbonyl (C=O) groups excluding carboxylic acids is 2. The van der Waals surface area contributed by atoms with Crippen molar-refractivity contribution in [1.82, 2.24) is 19.7 Å². The Labute approximate surface area is 277 Å². The van der Waals surface area contributed by atoms with Crippen molar-refractivity contribution in [2.45, 2.75) is 59.2 Å². The third kappa shape index (κ3) is 7.93. The molecule has 0 fully saturated rings. The lowest BCUT2D eigenvalue weighted by molar-refractivity contribution is -0.133. The highest BCUT2D eigenvalue weighted by Crippen LogP contribution is 2.43. The predicted octanol–water partition coefficient (Wildman–Crippen LogP) is 6.51. The second-order valence-corrected chi connectivity index (χ2v) is 12.0.